The third kappa shape index (κ3) is 3.25. The highest BCUT2D eigenvalue weighted by Gasteiger charge is 2.14. The van der Waals surface area contributed by atoms with Crippen LogP contribution in [-0.4, -0.2) is 3.61 Å². The van der Waals surface area contributed by atoms with E-state index in [9.17, 15) is 0 Å². The molecule has 2 N–H and O–H groups in total. The van der Waals surface area contributed by atoms with Gasteiger partial charge in [-0.05, 0) is 35.9 Å². The van der Waals surface area contributed by atoms with Crippen LogP contribution in [-0.2, 0) is 4.84 Å². The van der Waals surface area contributed by atoms with Crippen molar-refractivity contribution in [1.82, 2.24) is 0 Å². The maximum absolute atomic E-state index is 4.91. The van der Waals surface area contributed by atoms with Gasteiger partial charge in [0.15, 0.2) is 0 Å². The maximum atomic E-state index is 4.91. The number of rotatable bonds is 2. The number of nitrogens with two attached hydrogens (primary N) is 1. The van der Waals surface area contributed by atoms with Gasteiger partial charge in [-0.25, -0.2) is 5.90 Å². The highest BCUT2D eigenvalue weighted by molar-refractivity contribution is 14.1. The Morgan fingerprint density at radius 3 is 2.29 bits per heavy atom. The monoisotopic (exact) mass is 215 g/mol. The molecular weight excluding hydrogens is 205 g/mol. The largest absolute Gasteiger partial charge is 0.288 e. The second-order valence-electron chi connectivity index (χ2n) is 1.57. The molecule has 0 rings (SSSR count). The molecule has 0 saturated carbocycles. The van der Waals surface area contributed by atoms with Gasteiger partial charge in [-0.15, -0.1) is 0 Å². The van der Waals surface area contributed by atoms with Crippen molar-refractivity contribution in [3.8, 4) is 0 Å². The standard InChI is InChI=1S/C4H10INO/c1-3-4(2,5)7-6/h3,6H2,1-2H3. The van der Waals surface area contributed by atoms with Gasteiger partial charge in [-0.2, -0.15) is 0 Å². The molecule has 44 valence electrons. The molecule has 0 bridgehead atoms. The second-order valence-corrected chi connectivity index (χ2v) is 3.86. The lowest BCUT2D eigenvalue weighted by Crippen LogP contribution is -2.22. The highest BCUT2D eigenvalue weighted by Crippen LogP contribution is 2.20. The Bertz CT molecular complexity index is 49.7. The van der Waals surface area contributed by atoms with Crippen LogP contribution in [0, 0.1) is 0 Å². The predicted molar refractivity (Wildman–Crippen MR) is 38.0 cm³/mol. The fourth-order valence-corrected chi connectivity index (χ4v) is 0.0833. The summed E-state index contributed by atoms with van der Waals surface area (Å²) in [6, 6.07) is 0. The maximum Gasteiger partial charge on any atom is 0.137 e. The van der Waals surface area contributed by atoms with Gasteiger partial charge in [0, 0.05) is 0 Å². The Morgan fingerprint density at radius 1 is 1.86 bits per heavy atom. The van der Waals surface area contributed by atoms with E-state index in [1.165, 1.54) is 0 Å². The van der Waals surface area contributed by atoms with Crippen LogP contribution in [0.25, 0.3) is 0 Å². The molecule has 0 heterocycles. The van der Waals surface area contributed by atoms with E-state index >= 15 is 0 Å². The van der Waals surface area contributed by atoms with Crippen LogP contribution in [0.15, 0.2) is 0 Å². The van der Waals surface area contributed by atoms with E-state index in [1.807, 2.05) is 13.8 Å². The zero-order chi connectivity index (χ0) is 5.91. The molecular formula is C4H10INO. The first-order chi connectivity index (χ1) is 3.12. The first-order valence-electron chi connectivity index (χ1n) is 2.19. The van der Waals surface area contributed by atoms with Gasteiger partial charge >= 0.3 is 0 Å². The molecule has 0 aliphatic heterocycles. The van der Waals surface area contributed by atoms with Crippen molar-refractivity contribution in [3.63, 3.8) is 0 Å². The molecule has 0 radical (unpaired) electrons. The average Bonchev–Trinajstić information content (AvgIpc) is 1.68. The van der Waals surface area contributed by atoms with Crippen molar-refractivity contribution in [3.05, 3.63) is 0 Å². The van der Waals surface area contributed by atoms with Crippen LogP contribution >= 0.6 is 22.6 Å². The molecule has 0 aromatic heterocycles. The molecule has 0 spiro atoms. The van der Waals surface area contributed by atoms with Crippen molar-refractivity contribution in [2.75, 3.05) is 0 Å². The lowest BCUT2D eigenvalue weighted by Gasteiger charge is -2.15. The summed E-state index contributed by atoms with van der Waals surface area (Å²) in [5.74, 6) is 4.91. The van der Waals surface area contributed by atoms with E-state index < -0.39 is 0 Å². The first-order valence-corrected chi connectivity index (χ1v) is 3.27. The summed E-state index contributed by atoms with van der Waals surface area (Å²) < 4.78 is -0.169. The van der Waals surface area contributed by atoms with E-state index in [2.05, 4.69) is 27.4 Å². The Morgan fingerprint density at radius 2 is 2.29 bits per heavy atom. The van der Waals surface area contributed by atoms with Crippen LogP contribution in [0.3, 0.4) is 0 Å². The van der Waals surface area contributed by atoms with Gasteiger partial charge in [0.1, 0.15) is 3.61 Å². The summed E-state index contributed by atoms with van der Waals surface area (Å²) in [6.45, 7) is 3.97. The smallest absolute Gasteiger partial charge is 0.137 e. The molecule has 7 heavy (non-hydrogen) atoms. The van der Waals surface area contributed by atoms with E-state index in [-0.39, 0.29) is 3.61 Å². The minimum absolute atomic E-state index is 0.169. The van der Waals surface area contributed by atoms with Crippen LogP contribution in [0.2, 0.25) is 0 Å². The van der Waals surface area contributed by atoms with Crippen LogP contribution in [0.1, 0.15) is 20.3 Å². The zero-order valence-electron chi connectivity index (χ0n) is 4.57. The summed E-state index contributed by atoms with van der Waals surface area (Å²) in [4.78, 5) is 4.57. The number of halogens is 1. The number of alkyl halides is 1. The highest BCUT2D eigenvalue weighted by atomic mass is 127. The quantitative estimate of drug-likeness (QED) is 0.429. The van der Waals surface area contributed by atoms with E-state index in [0.717, 1.165) is 6.42 Å². The van der Waals surface area contributed by atoms with Crippen molar-refractivity contribution >= 4 is 22.6 Å². The SMILES string of the molecule is CCC(C)(I)ON. The molecule has 0 aliphatic rings. The summed E-state index contributed by atoms with van der Waals surface area (Å²) >= 11 is 2.16. The summed E-state index contributed by atoms with van der Waals surface area (Å²) in [6.07, 6.45) is 0.935. The van der Waals surface area contributed by atoms with E-state index in [0.29, 0.717) is 0 Å². The summed E-state index contributed by atoms with van der Waals surface area (Å²) in [5, 5.41) is 0. The van der Waals surface area contributed by atoms with Crippen molar-refractivity contribution in [2.24, 2.45) is 5.90 Å². The Kier molecular flexibility index (Phi) is 3.10. The minimum atomic E-state index is -0.169. The zero-order valence-corrected chi connectivity index (χ0v) is 6.73. The van der Waals surface area contributed by atoms with Gasteiger partial charge < -0.3 is 0 Å². The van der Waals surface area contributed by atoms with Gasteiger partial charge in [0.25, 0.3) is 0 Å². The molecule has 0 aromatic rings. The molecule has 3 heteroatoms. The summed E-state index contributed by atoms with van der Waals surface area (Å²) in [5.41, 5.74) is 0. The van der Waals surface area contributed by atoms with Gasteiger partial charge in [0.2, 0.25) is 0 Å². The van der Waals surface area contributed by atoms with Gasteiger partial charge in [0.05, 0.1) is 0 Å². The number of hydrogen-bond acceptors (Lipinski definition) is 2. The fraction of sp³-hybridized carbons (Fsp3) is 1.00. The molecule has 1 unspecified atom stereocenters. The molecule has 0 saturated heterocycles. The average molecular weight is 215 g/mol. The minimum Gasteiger partial charge on any atom is -0.288 e. The lowest BCUT2D eigenvalue weighted by atomic mass is 10.3. The fourth-order valence-electron chi connectivity index (χ4n) is 0.0833. The topological polar surface area (TPSA) is 35.2 Å². The lowest BCUT2D eigenvalue weighted by molar-refractivity contribution is 0.0502. The third-order valence-electron chi connectivity index (χ3n) is 0.877. The van der Waals surface area contributed by atoms with Crippen molar-refractivity contribution in [2.45, 2.75) is 23.9 Å². The predicted octanol–water partition coefficient (Wildman–Crippen LogP) is 1.44. The Hall–Kier alpha value is 0.650. The summed E-state index contributed by atoms with van der Waals surface area (Å²) in [7, 11) is 0. The normalized spacial score (nSPS) is 18.9. The third-order valence-corrected chi connectivity index (χ3v) is 1.89. The Labute approximate surface area is 57.5 Å². The van der Waals surface area contributed by atoms with Crippen LogP contribution in [0.5, 0.6) is 0 Å². The van der Waals surface area contributed by atoms with Crippen molar-refractivity contribution < 1.29 is 4.84 Å². The first kappa shape index (κ1) is 7.65. The molecule has 0 amide bonds. The van der Waals surface area contributed by atoms with Crippen LogP contribution in [0.4, 0.5) is 0 Å². The van der Waals surface area contributed by atoms with E-state index in [1.54, 1.807) is 0 Å². The van der Waals surface area contributed by atoms with Crippen LogP contribution < -0.4 is 5.90 Å². The van der Waals surface area contributed by atoms with Gasteiger partial charge in [-0.1, -0.05) is 6.92 Å². The number of hydrogen-bond donors (Lipinski definition) is 1. The second kappa shape index (κ2) is 2.84. The Balaban J connectivity index is 3.36. The molecule has 2 nitrogen and oxygen atoms in total. The molecule has 1 atom stereocenters. The van der Waals surface area contributed by atoms with E-state index in [4.69, 9.17) is 5.90 Å². The van der Waals surface area contributed by atoms with Crippen molar-refractivity contribution in [1.29, 1.82) is 0 Å². The molecule has 0 aliphatic carbocycles. The molecule has 0 fully saturated rings. The molecule has 0 aromatic carbocycles. The van der Waals surface area contributed by atoms with Gasteiger partial charge in [-0.3, -0.25) is 4.84 Å².